The Kier molecular flexibility index (Phi) is 4.79. The number of rotatable bonds is 6. The summed E-state index contributed by atoms with van der Waals surface area (Å²) in [5.41, 5.74) is 1.96. The van der Waals surface area contributed by atoms with Crippen LogP contribution in [0.15, 0.2) is 48.7 Å². The molecule has 1 amide bonds. The van der Waals surface area contributed by atoms with Crippen molar-refractivity contribution in [2.45, 2.75) is 26.9 Å². The van der Waals surface area contributed by atoms with E-state index in [0.29, 0.717) is 12.3 Å². The largest absolute Gasteiger partial charge is 0.484 e. The van der Waals surface area contributed by atoms with E-state index in [0.717, 1.165) is 28.6 Å². The van der Waals surface area contributed by atoms with Crippen molar-refractivity contribution in [2.24, 2.45) is 0 Å². The molecule has 124 valence electrons. The molecule has 24 heavy (non-hydrogen) atoms. The van der Waals surface area contributed by atoms with E-state index in [-0.39, 0.29) is 12.5 Å². The van der Waals surface area contributed by atoms with Crippen LogP contribution in [0.2, 0.25) is 0 Å². The number of carbonyl (C=O) groups excluding carboxylic acids is 1. The number of aryl methyl sites for hydroxylation is 2. The molecule has 0 radical (unpaired) electrons. The van der Waals surface area contributed by atoms with E-state index in [9.17, 15) is 4.79 Å². The number of amides is 1. The first kappa shape index (κ1) is 16.1. The van der Waals surface area contributed by atoms with Crippen molar-refractivity contribution in [3.8, 4) is 5.75 Å². The van der Waals surface area contributed by atoms with Gasteiger partial charge >= 0.3 is 0 Å². The van der Waals surface area contributed by atoms with Crippen molar-refractivity contribution in [1.29, 1.82) is 0 Å². The zero-order chi connectivity index (χ0) is 16.9. The SMILES string of the molecule is CCn1cc(CNC(=O)COc2ccc3ccccc3c2)c(C)n1. The fraction of sp³-hybridized carbons (Fsp3) is 0.263. The highest BCUT2D eigenvalue weighted by atomic mass is 16.5. The molecule has 0 atom stereocenters. The molecule has 5 heteroatoms. The van der Waals surface area contributed by atoms with Crippen LogP contribution in [0.3, 0.4) is 0 Å². The molecule has 1 heterocycles. The van der Waals surface area contributed by atoms with Crippen molar-refractivity contribution in [2.75, 3.05) is 6.61 Å². The summed E-state index contributed by atoms with van der Waals surface area (Å²) in [6.45, 7) is 5.26. The third-order valence-corrected chi connectivity index (χ3v) is 3.94. The molecule has 3 rings (SSSR count). The Labute approximate surface area is 141 Å². The standard InChI is InChI=1S/C19H21N3O2/c1-3-22-12-17(14(2)21-22)11-20-19(23)13-24-18-9-8-15-6-4-5-7-16(15)10-18/h4-10,12H,3,11,13H2,1-2H3,(H,20,23). The van der Waals surface area contributed by atoms with Gasteiger partial charge in [0.1, 0.15) is 5.75 Å². The highest BCUT2D eigenvalue weighted by Crippen LogP contribution is 2.20. The van der Waals surface area contributed by atoms with Crippen LogP contribution in [0.4, 0.5) is 0 Å². The first-order valence-electron chi connectivity index (χ1n) is 8.07. The second-order valence-electron chi connectivity index (χ2n) is 5.67. The van der Waals surface area contributed by atoms with Crippen molar-refractivity contribution in [3.63, 3.8) is 0 Å². The molecule has 0 aliphatic rings. The van der Waals surface area contributed by atoms with Gasteiger partial charge in [0, 0.05) is 24.8 Å². The molecule has 0 aliphatic carbocycles. The number of nitrogens with zero attached hydrogens (tertiary/aromatic N) is 2. The fourth-order valence-electron chi connectivity index (χ4n) is 2.55. The maximum absolute atomic E-state index is 12.0. The summed E-state index contributed by atoms with van der Waals surface area (Å²) < 4.78 is 7.45. The third-order valence-electron chi connectivity index (χ3n) is 3.94. The molecule has 1 aromatic heterocycles. The van der Waals surface area contributed by atoms with Gasteiger partial charge < -0.3 is 10.1 Å². The molecule has 0 unspecified atom stereocenters. The summed E-state index contributed by atoms with van der Waals surface area (Å²) in [7, 11) is 0. The second kappa shape index (κ2) is 7.17. The molecule has 0 bridgehead atoms. The van der Waals surface area contributed by atoms with Gasteiger partial charge in [0.15, 0.2) is 6.61 Å². The summed E-state index contributed by atoms with van der Waals surface area (Å²) in [5.74, 6) is 0.547. The number of aromatic nitrogens is 2. The molecule has 0 saturated carbocycles. The summed E-state index contributed by atoms with van der Waals surface area (Å²) in [6.07, 6.45) is 1.96. The van der Waals surface area contributed by atoms with E-state index < -0.39 is 0 Å². The normalized spacial score (nSPS) is 10.8. The van der Waals surface area contributed by atoms with Gasteiger partial charge in [-0.25, -0.2) is 0 Å². The molecule has 0 saturated heterocycles. The number of hydrogen-bond donors (Lipinski definition) is 1. The van der Waals surface area contributed by atoms with Gasteiger partial charge in [-0.1, -0.05) is 30.3 Å². The van der Waals surface area contributed by atoms with Crippen LogP contribution in [-0.4, -0.2) is 22.3 Å². The minimum Gasteiger partial charge on any atom is -0.484 e. The maximum atomic E-state index is 12.0. The summed E-state index contributed by atoms with van der Waals surface area (Å²) in [6, 6.07) is 13.9. The Morgan fingerprint density at radius 2 is 2.00 bits per heavy atom. The van der Waals surface area contributed by atoms with Crippen LogP contribution < -0.4 is 10.1 Å². The van der Waals surface area contributed by atoms with Crippen LogP contribution >= 0.6 is 0 Å². The van der Waals surface area contributed by atoms with Crippen molar-refractivity contribution in [1.82, 2.24) is 15.1 Å². The van der Waals surface area contributed by atoms with Crippen molar-refractivity contribution >= 4 is 16.7 Å². The number of carbonyl (C=O) groups is 1. The second-order valence-corrected chi connectivity index (χ2v) is 5.67. The Morgan fingerprint density at radius 1 is 1.21 bits per heavy atom. The summed E-state index contributed by atoms with van der Waals surface area (Å²) >= 11 is 0. The van der Waals surface area contributed by atoms with Gasteiger partial charge in [-0.3, -0.25) is 9.48 Å². The van der Waals surface area contributed by atoms with E-state index >= 15 is 0 Å². The van der Waals surface area contributed by atoms with Gasteiger partial charge in [0.05, 0.1) is 5.69 Å². The molecule has 2 aromatic carbocycles. The molecule has 5 nitrogen and oxygen atoms in total. The average molecular weight is 323 g/mol. The van der Waals surface area contributed by atoms with Crippen LogP contribution in [0.25, 0.3) is 10.8 Å². The quantitative estimate of drug-likeness (QED) is 0.758. The number of ether oxygens (including phenoxy) is 1. The third kappa shape index (κ3) is 3.74. The van der Waals surface area contributed by atoms with Crippen LogP contribution in [0.5, 0.6) is 5.75 Å². The highest BCUT2D eigenvalue weighted by Gasteiger charge is 2.07. The first-order chi connectivity index (χ1) is 11.7. The topological polar surface area (TPSA) is 56.2 Å². The molecule has 0 aliphatic heterocycles. The molecule has 1 N–H and O–H groups in total. The Hall–Kier alpha value is -2.82. The predicted octanol–water partition coefficient (Wildman–Crippen LogP) is 3.06. The lowest BCUT2D eigenvalue weighted by Gasteiger charge is -2.08. The number of nitrogens with one attached hydrogen (secondary N) is 1. The molecule has 3 aromatic rings. The van der Waals surface area contributed by atoms with Crippen molar-refractivity contribution < 1.29 is 9.53 Å². The lowest BCUT2D eigenvalue weighted by atomic mass is 10.1. The van der Waals surface area contributed by atoms with Gasteiger partial charge in [-0.15, -0.1) is 0 Å². The van der Waals surface area contributed by atoms with Gasteiger partial charge in [0.25, 0.3) is 5.91 Å². The minimum absolute atomic E-state index is 0.000692. The lowest BCUT2D eigenvalue weighted by Crippen LogP contribution is -2.28. The summed E-state index contributed by atoms with van der Waals surface area (Å²) in [4.78, 5) is 12.0. The number of fused-ring (bicyclic) bond motifs is 1. The molecular weight excluding hydrogens is 302 g/mol. The van der Waals surface area contributed by atoms with E-state index in [1.54, 1.807) is 0 Å². The number of benzene rings is 2. The Bertz CT molecular complexity index is 855. The molecule has 0 fully saturated rings. The lowest BCUT2D eigenvalue weighted by molar-refractivity contribution is -0.123. The van der Waals surface area contributed by atoms with E-state index in [1.165, 1.54) is 0 Å². The predicted molar refractivity (Wildman–Crippen MR) is 93.9 cm³/mol. The molecule has 0 spiro atoms. The summed E-state index contributed by atoms with van der Waals surface area (Å²) in [5, 5.41) is 9.48. The monoisotopic (exact) mass is 323 g/mol. The van der Waals surface area contributed by atoms with Gasteiger partial charge in [-0.05, 0) is 36.8 Å². The minimum atomic E-state index is -0.146. The van der Waals surface area contributed by atoms with E-state index in [4.69, 9.17) is 4.74 Å². The van der Waals surface area contributed by atoms with Gasteiger partial charge in [0.2, 0.25) is 0 Å². The number of hydrogen-bond acceptors (Lipinski definition) is 3. The zero-order valence-electron chi connectivity index (χ0n) is 14.0. The Balaban J connectivity index is 1.53. The van der Waals surface area contributed by atoms with Gasteiger partial charge in [-0.2, -0.15) is 5.10 Å². The van der Waals surface area contributed by atoms with Crippen LogP contribution in [-0.2, 0) is 17.9 Å². The van der Waals surface area contributed by atoms with Crippen LogP contribution in [0, 0.1) is 6.92 Å². The van der Waals surface area contributed by atoms with E-state index in [2.05, 4.69) is 10.4 Å². The van der Waals surface area contributed by atoms with E-state index in [1.807, 2.05) is 67.2 Å². The first-order valence-corrected chi connectivity index (χ1v) is 8.07. The maximum Gasteiger partial charge on any atom is 0.258 e. The fourth-order valence-corrected chi connectivity index (χ4v) is 2.55. The average Bonchev–Trinajstić information content (AvgIpc) is 2.98. The zero-order valence-corrected chi connectivity index (χ0v) is 14.0. The molecular formula is C19H21N3O2. The smallest absolute Gasteiger partial charge is 0.258 e. The van der Waals surface area contributed by atoms with Crippen LogP contribution in [0.1, 0.15) is 18.2 Å². The highest BCUT2D eigenvalue weighted by molar-refractivity contribution is 5.84. The Morgan fingerprint density at radius 3 is 2.75 bits per heavy atom. The van der Waals surface area contributed by atoms with Crippen molar-refractivity contribution in [3.05, 3.63) is 59.9 Å².